The van der Waals surface area contributed by atoms with Crippen molar-refractivity contribution in [1.29, 1.82) is 0 Å². The Kier molecular flexibility index (Phi) is 6.95. The van der Waals surface area contributed by atoms with Gasteiger partial charge in [0.15, 0.2) is 5.82 Å². The highest BCUT2D eigenvalue weighted by Crippen LogP contribution is 2.37. The van der Waals surface area contributed by atoms with Crippen molar-refractivity contribution >= 4 is 5.91 Å². The van der Waals surface area contributed by atoms with Crippen molar-refractivity contribution in [3.05, 3.63) is 5.82 Å². The van der Waals surface area contributed by atoms with Gasteiger partial charge in [-0.25, -0.2) is 0 Å². The highest BCUT2D eigenvalue weighted by molar-refractivity contribution is 5.78. The van der Waals surface area contributed by atoms with Gasteiger partial charge in [0.1, 0.15) is 12.1 Å². The Morgan fingerprint density at radius 2 is 2.13 bits per heavy atom. The van der Waals surface area contributed by atoms with E-state index in [-0.39, 0.29) is 12.5 Å². The molecule has 0 bridgehead atoms. The van der Waals surface area contributed by atoms with Gasteiger partial charge in [0.05, 0.1) is 0 Å². The predicted molar refractivity (Wildman–Crippen MR) is 86.6 cm³/mol. The number of hydrogen-bond acceptors (Lipinski definition) is 5. The summed E-state index contributed by atoms with van der Waals surface area (Å²) in [4.78, 5) is 12.3. The van der Waals surface area contributed by atoms with Gasteiger partial charge in [-0.15, -0.1) is 10.2 Å². The van der Waals surface area contributed by atoms with Crippen LogP contribution in [0.4, 0.5) is 0 Å². The van der Waals surface area contributed by atoms with E-state index in [2.05, 4.69) is 32.9 Å². The lowest BCUT2D eigenvalue weighted by molar-refractivity contribution is -0.128. The Balaban J connectivity index is 1.93. The van der Waals surface area contributed by atoms with Gasteiger partial charge in [0.25, 0.3) is 0 Å². The molecule has 1 atom stereocenters. The molecule has 1 heterocycles. The van der Waals surface area contributed by atoms with E-state index in [4.69, 9.17) is 4.74 Å². The number of nitrogens with zero attached hydrogens (tertiary/aromatic N) is 3. The topological polar surface area (TPSA) is 92.8 Å². The fraction of sp³-hybridized carbons (Fsp3) is 0.875. The van der Waals surface area contributed by atoms with Gasteiger partial charge in [-0.1, -0.05) is 44.2 Å². The van der Waals surface area contributed by atoms with Crippen molar-refractivity contribution in [2.75, 3.05) is 13.2 Å². The zero-order valence-electron chi connectivity index (χ0n) is 14.3. The smallest absolute Gasteiger partial charge is 0.246 e. The third-order valence-electron chi connectivity index (χ3n) is 4.76. The maximum absolute atomic E-state index is 12.3. The molecule has 1 aromatic heterocycles. The van der Waals surface area contributed by atoms with Gasteiger partial charge in [0.2, 0.25) is 5.91 Å². The molecule has 0 aromatic carbocycles. The zero-order chi connectivity index (χ0) is 16.5. The lowest BCUT2D eigenvalue weighted by atomic mass is 9.75. The van der Waals surface area contributed by atoms with E-state index in [1.54, 1.807) is 0 Å². The fourth-order valence-corrected chi connectivity index (χ4v) is 3.35. The van der Waals surface area contributed by atoms with E-state index in [1.165, 1.54) is 19.3 Å². The summed E-state index contributed by atoms with van der Waals surface area (Å²) in [6.07, 6.45) is 9.04. The number of ether oxygens (including phenoxy) is 1. The molecule has 1 aliphatic carbocycles. The van der Waals surface area contributed by atoms with Crippen LogP contribution in [0.3, 0.4) is 0 Å². The van der Waals surface area contributed by atoms with Gasteiger partial charge < -0.3 is 10.1 Å². The van der Waals surface area contributed by atoms with Crippen LogP contribution < -0.4 is 5.32 Å². The summed E-state index contributed by atoms with van der Waals surface area (Å²) >= 11 is 0. The van der Waals surface area contributed by atoms with Crippen LogP contribution in [0.25, 0.3) is 0 Å². The number of H-pyrrole nitrogens is 1. The number of nitrogens with one attached hydrogen (secondary N) is 2. The average Bonchev–Trinajstić information content (AvgIpc) is 3.10. The molecule has 2 rings (SSSR count). The van der Waals surface area contributed by atoms with Gasteiger partial charge in [-0.05, 0) is 32.1 Å². The van der Waals surface area contributed by atoms with Crippen LogP contribution in [0.5, 0.6) is 0 Å². The second kappa shape index (κ2) is 8.96. The molecule has 0 spiro atoms. The number of amides is 1. The number of carbonyl (C=O) groups is 1. The lowest BCUT2D eigenvalue weighted by Gasteiger charge is -2.38. The molecule has 0 saturated heterocycles. The maximum Gasteiger partial charge on any atom is 0.246 e. The molecular weight excluding hydrogens is 294 g/mol. The molecule has 2 N–H and O–H groups in total. The molecule has 130 valence electrons. The van der Waals surface area contributed by atoms with Gasteiger partial charge in [0, 0.05) is 6.61 Å². The first-order chi connectivity index (χ1) is 11.2. The molecule has 1 aliphatic rings. The second-order valence-corrected chi connectivity index (χ2v) is 6.58. The number of carbonyl (C=O) groups excluding carboxylic acids is 1. The summed E-state index contributed by atoms with van der Waals surface area (Å²) in [5.41, 5.74) is -0.586. The largest absolute Gasteiger partial charge is 0.372 e. The van der Waals surface area contributed by atoms with Crippen LogP contribution >= 0.6 is 0 Å². The SMILES string of the molecule is CCCCCOCC(=O)NC(C)(c1nn[nH]n1)C1CCCCC1. The Morgan fingerprint density at radius 3 is 2.78 bits per heavy atom. The lowest BCUT2D eigenvalue weighted by Crippen LogP contribution is -2.51. The molecule has 1 saturated carbocycles. The fourth-order valence-electron chi connectivity index (χ4n) is 3.35. The Bertz CT molecular complexity index is 459. The summed E-state index contributed by atoms with van der Waals surface area (Å²) in [5, 5.41) is 17.5. The second-order valence-electron chi connectivity index (χ2n) is 6.58. The third-order valence-corrected chi connectivity index (χ3v) is 4.76. The van der Waals surface area contributed by atoms with E-state index in [9.17, 15) is 4.79 Å². The molecule has 1 fully saturated rings. The molecule has 1 aromatic rings. The molecule has 7 heteroatoms. The van der Waals surface area contributed by atoms with Gasteiger partial charge in [-0.3, -0.25) is 4.79 Å². The molecule has 1 amide bonds. The first kappa shape index (κ1) is 17.8. The van der Waals surface area contributed by atoms with Crippen LogP contribution in [0, 0.1) is 5.92 Å². The third kappa shape index (κ3) is 4.99. The van der Waals surface area contributed by atoms with Crippen molar-refractivity contribution in [1.82, 2.24) is 25.9 Å². The minimum absolute atomic E-state index is 0.0872. The number of hydrogen-bond donors (Lipinski definition) is 2. The van der Waals surface area contributed by atoms with Gasteiger partial charge >= 0.3 is 0 Å². The van der Waals surface area contributed by atoms with Crippen LogP contribution in [-0.2, 0) is 15.1 Å². The van der Waals surface area contributed by atoms with Crippen molar-refractivity contribution in [3.8, 4) is 0 Å². The number of unbranched alkanes of at least 4 members (excludes halogenated alkanes) is 2. The van der Waals surface area contributed by atoms with E-state index >= 15 is 0 Å². The van der Waals surface area contributed by atoms with Crippen LogP contribution in [0.2, 0.25) is 0 Å². The number of tetrazole rings is 1. The summed E-state index contributed by atoms with van der Waals surface area (Å²) in [7, 11) is 0. The molecule has 7 nitrogen and oxygen atoms in total. The van der Waals surface area contributed by atoms with Crippen molar-refractivity contribution in [2.45, 2.75) is 70.8 Å². The van der Waals surface area contributed by atoms with Crippen LogP contribution in [-0.4, -0.2) is 39.7 Å². The molecular formula is C16H29N5O2. The average molecular weight is 323 g/mol. The van der Waals surface area contributed by atoms with E-state index in [0.29, 0.717) is 18.3 Å². The highest BCUT2D eigenvalue weighted by atomic mass is 16.5. The zero-order valence-corrected chi connectivity index (χ0v) is 14.3. The Hall–Kier alpha value is -1.50. The molecule has 23 heavy (non-hydrogen) atoms. The molecule has 0 radical (unpaired) electrons. The molecule has 0 aliphatic heterocycles. The summed E-state index contributed by atoms with van der Waals surface area (Å²) in [5.74, 6) is 0.779. The van der Waals surface area contributed by atoms with Crippen LogP contribution in [0.1, 0.15) is 71.0 Å². The first-order valence-corrected chi connectivity index (χ1v) is 8.79. The number of rotatable bonds is 9. The quantitative estimate of drug-likeness (QED) is 0.680. The summed E-state index contributed by atoms with van der Waals surface area (Å²) in [6, 6.07) is 0. The molecule has 1 unspecified atom stereocenters. The van der Waals surface area contributed by atoms with Crippen LogP contribution in [0.15, 0.2) is 0 Å². The van der Waals surface area contributed by atoms with Crippen molar-refractivity contribution in [3.63, 3.8) is 0 Å². The van der Waals surface area contributed by atoms with E-state index in [0.717, 1.165) is 32.1 Å². The normalized spacial score (nSPS) is 18.5. The minimum Gasteiger partial charge on any atom is -0.372 e. The predicted octanol–water partition coefficient (Wildman–Crippen LogP) is 2.32. The van der Waals surface area contributed by atoms with Gasteiger partial charge in [-0.2, -0.15) is 5.21 Å². The highest BCUT2D eigenvalue weighted by Gasteiger charge is 2.41. The standard InChI is InChI=1S/C16H29N5O2/c1-3-4-8-11-23-12-14(22)17-16(2,15-18-20-21-19-15)13-9-6-5-7-10-13/h13H,3-12H2,1-2H3,(H,17,22)(H,18,19,20,21). The van der Waals surface area contributed by atoms with E-state index in [1.807, 2.05) is 6.92 Å². The minimum atomic E-state index is -0.586. The summed E-state index contributed by atoms with van der Waals surface area (Å²) in [6.45, 7) is 4.86. The summed E-state index contributed by atoms with van der Waals surface area (Å²) < 4.78 is 5.47. The number of aromatic amines is 1. The van der Waals surface area contributed by atoms with Crippen molar-refractivity contribution in [2.24, 2.45) is 5.92 Å². The maximum atomic E-state index is 12.3. The van der Waals surface area contributed by atoms with Crippen molar-refractivity contribution < 1.29 is 9.53 Å². The monoisotopic (exact) mass is 323 g/mol. The van der Waals surface area contributed by atoms with E-state index < -0.39 is 5.54 Å². The first-order valence-electron chi connectivity index (χ1n) is 8.79. The Labute approximate surface area is 137 Å². The number of aromatic nitrogens is 4. The Morgan fingerprint density at radius 1 is 1.35 bits per heavy atom.